The van der Waals surface area contributed by atoms with E-state index in [1.54, 1.807) is 0 Å². The Morgan fingerprint density at radius 3 is 2.59 bits per heavy atom. The highest BCUT2D eigenvalue weighted by Crippen LogP contribution is 2.28. The topological polar surface area (TPSA) is 47.9 Å². The summed E-state index contributed by atoms with van der Waals surface area (Å²) in [6.07, 6.45) is 0.565. The molecule has 0 aromatic heterocycles. The summed E-state index contributed by atoms with van der Waals surface area (Å²) in [4.78, 5) is 13.5. The molecule has 1 spiro atoms. The van der Waals surface area contributed by atoms with Gasteiger partial charge in [-0.3, -0.25) is 14.7 Å². The highest BCUT2D eigenvalue weighted by molar-refractivity contribution is 5.85. The zero-order chi connectivity index (χ0) is 12.6. The van der Waals surface area contributed by atoms with Gasteiger partial charge in [0.25, 0.3) is 0 Å². The zero-order valence-electron chi connectivity index (χ0n) is 10.6. The van der Waals surface area contributed by atoms with Crippen molar-refractivity contribution in [3.8, 4) is 0 Å². The highest BCUT2D eigenvalue weighted by atomic mass is 16.2. The van der Waals surface area contributed by atoms with Crippen molar-refractivity contribution in [2.24, 2.45) is 5.10 Å². The molecule has 0 aromatic carbocycles. The highest BCUT2D eigenvalue weighted by Gasteiger charge is 2.47. The van der Waals surface area contributed by atoms with Gasteiger partial charge in [0.1, 0.15) is 0 Å². The van der Waals surface area contributed by atoms with Gasteiger partial charge >= 0.3 is 0 Å². The Balaban J connectivity index is 2.20. The van der Waals surface area contributed by atoms with E-state index >= 15 is 0 Å². The Labute approximate surface area is 102 Å². The second kappa shape index (κ2) is 4.14. The lowest BCUT2D eigenvalue weighted by atomic mass is 9.86. The summed E-state index contributed by atoms with van der Waals surface area (Å²) in [6, 6.07) is 0.422. The van der Waals surface area contributed by atoms with Gasteiger partial charge in [-0.15, -0.1) is 0 Å². The van der Waals surface area contributed by atoms with Crippen molar-refractivity contribution in [3.05, 3.63) is 12.3 Å². The fourth-order valence-corrected chi connectivity index (χ4v) is 2.50. The molecule has 2 aliphatic rings. The van der Waals surface area contributed by atoms with Crippen LogP contribution in [-0.2, 0) is 4.79 Å². The molecule has 0 radical (unpaired) electrons. The van der Waals surface area contributed by atoms with Gasteiger partial charge in [0.05, 0.1) is 18.5 Å². The Morgan fingerprint density at radius 1 is 1.47 bits per heavy atom. The Hall–Kier alpha value is -1.36. The first-order chi connectivity index (χ1) is 7.96. The minimum absolute atomic E-state index is 0.116. The SMILES string of the molecule is C=NN1CC2(CC(=O)N2)CN(C(C)C)CC1=C. The second-order valence-electron chi connectivity index (χ2n) is 5.27. The number of carbonyl (C=O) groups excluding carboxylic acids is 1. The van der Waals surface area contributed by atoms with E-state index in [-0.39, 0.29) is 11.4 Å². The average molecular weight is 236 g/mol. The van der Waals surface area contributed by atoms with Crippen molar-refractivity contribution in [3.63, 3.8) is 0 Å². The summed E-state index contributed by atoms with van der Waals surface area (Å²) in [5, 5.41) is 8.81. The fourth-order valence-electron chi connectivity index (χ4n) is 2.50. The number of hydrogen-bond acceptors (Lipinski definition) is 4. The number of nitrogens with one attached hydrogen (secondary N) is 1. The molecule has 1 N–H and O–H groups in total. The molecule has 5 heteroatoms. The molecule has 0 aliphatic carbocycles. The quantitative estimate of drug-likeness (QED) is 0.558. The average Bonchev–Trinajstić information content (AvgIpc) is 2.35. The maximum absolute atomic E-state index is 11.2. The number of nitrogens with zero attached hydrogens (tertiary/aromatic N) is 3. The van der Waals surface area contributed by atoms with Gasteiger partial charge in [0.15, 0.2) is 0 Å². The van der Waals surface area contributed by atoms with E-state index in [4.69, 9.17) is 0 Å². The summed E-state index contributed by atoms with van der Waals surface area (Å²) < 4.78 is 0. The van der Waals surface area contributed by atoms with Crippen LogP contribution in [-0.4, -0.2) is 53.7 Å². The monoisotopic (exact) mass is 236 g/mol. The predicted molar refractivity (Wildman–Crippen MR) is 67.6 cm³/mol. The molecule has 5 nitrogen and oxygen atoms in total. The lowest BCUT2D eigenvalue weighted by molar-refractivity contribution is -0.134. The molecule has 0 saturated carbocycles. The number of β-lactam (4-membered cyclic amide) rings is 1. The van der Waals surface area contributed by atoms with Crippen LogP contribution in [0, 0.1) is 0 Å². The predicted octanol–water partition coefficient (Wildman–Crippen LogP) is 0.400. The van der Waals surface area contributed by atoms with Crippen molar-refractivity contribution < 1.29 is 4.79 Å². The molecular formula is C12H20N4O. The minimum Gasteiger partial charge on any atom is -0.347 e. The van der Waals surface area contributed by atoms with E-state index in [0.29, 0.717) is 19.0 Å². The molecule has 17 heavy (non-hydrogen) atoms. The van der Waals surface area contributed by atoms with Crippen LogP contribution in [0.2, 0.25) is 0 Å². The molecule has 1 amide bonds. The summed E-state index contributed by atoms with van der Waals surface area (Å²) >= 11 is 0. The smallest absolute Gasteiger partial charge is 0.223 e. The first-order valence-corrected chi connectivity index (χ1v) is 5.93. The molecule has 1 atom stereocenters. The van der Waals surface area contributed by atoms with Crippen LogP contribution < -0.4 is 5.32 Å². The lowest BCUT2D eigenvalue weighted by Gasteiger charge is -2.44. The molecule has 1 unspecified atom stereocenters. The molecule has 2 rings (SSSR count). The molecule has 0 bridgehead atoms. The van der Waals surface area contributed by atoms with Gasteiger partial charge in [-0.1, -0.05) is 6.58 Å². The molecular weight excluding hydrogens is 216 g/mol. The zero-order valence-corrected chi connectivity index (χ0v) is 10.6. The molecule has 2 heterocycles. The van der Waals surface area contributed by atoms with Crippen molar-refractivity contribution in [2.45, 2.75) is 31.8 Å². The fraction of sp³-hybridized carbons (Fsp3) is 0.667. The van der Waals surface area contributed by atoms with Crippen LogP contribution in [0.25, 0.3) is 0 Å². The summed E-state index contributed by atoms with van der Waals surface area (Å²) in [6.45, 7) is 14.2. The van der Waals surface area contributed by atoms with Crippen molar-refractivity contribution in [2.75, 3.05) is 19.6 Å². The third-order valence-electron chi connectivity index (χ3n) is 3.51. The van der Waals surface area contributed by atoms with E-state index in [1.165, 1.54) is 0 Å². The third-order valence-corrected chi connectivity index (χ3v) is 3.51. The van der Waals surface area contributed by atoms with E-state index in [0.717, 1.165) is 18.8 Å². The maximum atomic E-state index is 11.2. The van der Waals surface area contributed by atoms with Crippen LogP contribution in [0.4, 0.5) is 0 Å². The van der Waals surface area contributed by atoms with E-state index < -0.39 is 0 Å². The number of rotatable bonds is 2. The van der Waals surface area contributed by atoms with Crippen LogP contribution in [0.3, 0.4) is 0 Å². The van der Waals surface area contributed by atoms with Crippen molar-refractivity contribution in [1.29, 1.82) is 0 Å². The van der Waals surface area contributed by atoms with E-state index in [1.807, 2.05) is 5.01 Å². The lowest BCUT2D eigenvalue weighted by Crippen LogP contribution is -2.68. The molecule has 2 aliphatic heterocycles. The summed E-state index contributed by atoms with van der Waals surface area (Å²) in [5.41, 5.74) is 0.758. The first kappa shape index (κ1) is 12.1. The minimum atomic E-state index is -0.179. The summed E-state index contributed by atoms with van der Waals surface area (Å²) in [7, 11) is 0. The van der Waals surface area contributed by atoms with Crippen LogP contribution in [0.15, 0.2) is 17.4 Å². The molecule has 0 aromatic rings. The van der Waals surface area contributed by atoms with E-state index in [2.05, 4.69) is 42.5 Å². The van der Waals surface area contributed by atoms with Gasteiger partial charge < -0.3 is 5.32 Å². The van der Waals surface area contributed by atoms with E-state index in [9.17, 15) is 4.79 Å². The normalized spacial score (nSPS) is 30.2. The van der Waals surface area contributed by atoms with Gasteiger partial charge in [-0.25, -0.2) is 0 Å². The first-order valence-electron chi connectivity index (χ1n) is 5.93. The van der Waals surface area contributed by atoms with Crippen molar-refractivity contribution >= 4 is 12.6 Å². The van der Waals surface area contributed by atoms with Crippen LogP contribution in [0.5, 0.6) is 0 Å². The van der Waals surface area contributed by atoms with Crippen molar-refractivity contribution in [1.82, 2.24) is 15.2 Å². The van der Waals surface area contributed by atoms with Crippen LogP contribution >= 0.6 is 0 Å². The largest absolute Gasteiger partial charge is 0.347 e. The number of carbonyl (C=O) groups is 1. The van der Waals surface area contributed by atoms with Gasteiger partial charge in [-0.05, 0) is 13.8 Å². The van der Waals surface area contributed by atoms with Gasteiger partial charge in [-0.2, -0.15) is 5.10 Å². The number of amides is 1. The Bertz CT molecular complexity index is 356. The molecule has 2 saturated heterocycles. The number of hydrazone groups is 1. The van der Waals surface area contributed by atoms with Crippen LogP contribution in [0.1, 0.15) is 20.3 Å². The summed E-state index contributed by atoms with van der Waals surface area (Å²) in [5.74, 6) is 0.116. The third kappa shape index (κ3) is 2.20. The second-order valence-corrected chi connectivity index (χ2v) is 5.27. The Kier molecular flexibility index (Phi) is 2.95. The maximum Gasteiger partial charge on any atom is 0.223 e. The van der Waals surface area contributed by atoms with Gasteiger partial charge in [0.2, 0.25) is 5.91 Å². The standard InChI is InChI=1S/C12H20N4O/c1-9(2)15-6-10(3)16(13-4)8-12(7-15)5-11(17)14-12/h9H,3-8H2,1-2H3,(H,14,17). The van der Waals surface area contributed by atoms with Gasteiger partial charge in [0, 0.05) is 31.5 Å². The Morgan fingerprint density at radius 2 is 2.12 bits per heavy atom. The number of hydrogen-bond donors (Lipinski definition) is 1. The molecule has 2 fully saturated rings. The molecule has 94 valence electrons.